The predicted molar refractivity (Wildman–Crippen MR) is 48.1 cm³/mol. The molecule has 0 spiro atoms. The van der Waals surface area contributed by atoms with Crippen LogP contribution in [0.25, 0.3) is 0 Å². The molecule has 2 nitrogen and oxygen atoms in total. The van der Waals surface area contributed by atoms with Gasteiger partial charge in [0, 0.05) is 13.5 Å². The Hall–Kier alpha value is -0.920. The summed E-state index contributed by atoms with van der Waals surface area (Å²) in [6, 6.07) is 0. The first-order chi connectivity index (χ1) is 5.16. The third-order valence-corrected chi connectivity index (χ3v) is 1.22. The van der Waals surface area contributed by atoms with Crippen molar-refractivity contribution in [3.05, 3.63) is 11.6 Å². The maximum atomic E-state index is 10.8. The van der Waals surface area contributed by atoms with Crippen molar-refractivity contribution in [3.63, 3.8) is 0 Å². The molecule has 0 aromatic heterocycles. The van der Waals surface area contributed by atoms with E-state index >= 15 is 0 Å². The van der Waals surface area contributed by atoms with Crippen LogP contribution in [0.1, 0.15) is 26.7 Å². The van der Waals surface area contributed by atoms with Crippen LogP contribution in [-0.4, -0.2) is 19.0 Å². The topological polar surface area (TPSA) is 29.4 Å². The van der Waals surface area contributed by atoms with Gasteiger partial charge >= 0.3 is 0 Å². The minimum absolute atomic E-state index is 0.102. The molecule has 62 valence electrons. The van der Waals surface area contributed by atoms with E-state index in [0.29, 0.717) is 6.42 Å². The highest BCUT2D eigenvalue weighted by Gasteiger charge is 1.93. The van der Waals surface area contributed by atoms with Gasteiger partial charge in [-0.15, -0.1) is 0 Å². The van der Waals surface area contributed by atoms with E-state index in [-0.39, 0.29) is 5.78 Å². The fraction of sp³-hybridized carbons (Fsp3) is 0.556. The summed E-state index contributed by atoms with van der Waals surface area (Å²) in [5.41, 5.74) is 1.26. The quantitative estimate of drug-likeness (QED) is 0.448. The molecule has 0 rings (SSSR count). The van der Waals surface area contributed by atoms with Gasteiger partial charge in [0.05, 0.1) is 6.21 Å². The molecule has 0 bridgehead atoms. The largest absolute Gasteiger partial charge is 0.293 e. The molecule has 0 aliphatic rings. The molecule has 0 fully saturated rings. The van der Waals surface area contributed by atoms with Crippen LogP contribution in [0, 0.1) is 0 Å². The molecule has 0 N–H and O–H groups in total. The van der Waals surface area contributed by atoms with E-state index in [0.717, 1.165) is 6.42 Å². The molecule has 0 heterocycles. The molecule has 0 saturated carbocycles. The van der Waals surface area contributed by atoms with Crippen LogP contribution >= 0.6 is 0 Å². The van der Waals surface area contributed by atoms with Gasteiger partial charge < -0.3 is 0 Å². The summed E-state index contributed by atoms with van der Waals surface area (Å²) in [6.45, 7) is 4.05. The summed E-state index contributed by atoms with van der Waals surface area (Å²) < 4.78 is 0. The number of allylic oxidation sites excluding steroid dienone is 2. The molecule has 0 radical (unpaired) electrons. The van der Waals surface area contributed by atoms with Crippen molar-refractivity contribution >= 4 is 12.0 Å². The monoisotopic (exact) mass is 153 g/mol. The summed E-state index contributed by atoms with van der Waals surface area (Å²) in [7, 11) is 1.61. The summed E-state index contributed by atoms with van der Waals surface area (Å²) in [4.78, 5) is 14.5. The van der Waals surface area contributed by atoms with Crippen molar-refractivity contribution < 1.29 is 4.79 Å². The van der Waals surface area contributed by atoms with Crippen LogP contribution in [0.3, 0.4) is 0 Å². The molecule has 2 heteroatoms. The number of Topliss-reactive ketones (excluding diaryl/α,β-unsaturated/α-hetero) is 1. The molecule has 0 unspecified atom stereocenters. The van der Waals surface area contributed by atoms with Gasteiger partial charge in [0.15, 0.2) is 5.78 Å². The van der Waals surface area contributed by atoms with Crippen LogP contribution in [0.15, 0.2) is 16.6 Å². The highest BCUT2D eigenvalue weighted by molar-refractivity contribution is 6.27. The fourth-order valence-electron chi connectivity index (χ4n) is 0.712. The molecule has 0 aliphatic carbocycles. The number of carbonyl (C=O) groups is 1. The maximum absolute atomic E-state index is 10.8. The zero-order valence-corrected chi connectivity index (χ0v) is 7.42. The van der Waals surface area contributed by atoms with Gasteiger partial charge in [0.25, 0.3) is 0 Å². The van der Waals surface area contributed by atoms with Crippen molar-refractivity contribution in [1.82, 2.24) is 0 Å². The Bertz CT molecular complexity index is 176. The zero-order chi connectivity index (χ0) is 8.69. The smallest absolute Gasteiger partial charge is 0.173 e. The van der Waals surface area contributed by atoms with E-state index in [1.54, 1.807) is 7.05 Å². The molecule has 0 aliphatic heterocycles. The van der Waals surface area contributed by atoms with Crippen LogP contribution < -0.4 is 0 Å². The Morgan fingerprint density at radius 1 is 1.45 bits per heavy atom. The van der Waals surface area contributed by atoms with E-state index in [2.05, 4.69) is 11.1 Å². The third-order valence-electron chi connectivity index (χ3n) is 1.22. The van der Waals surface area contributed by atoms with Gasteiger partial charge in [-0.05, 0) is 20.3 Å². The minimum Gasteiger partial charge on any atom is -0.293 e. The van der Waals surface area contributed by atoms with Gasteiger partial charge in [-0.3, -0.25) is 9.79 Å². The molecule has 0 saturated heterocycles. The van der Waals surface area contributed by atoms with E-state index in [1.807, 2.05) is 13.8 Å². The van der Waals surface area contributed by atoms with Crippen molar-refractivity contribution in [1.29, 1.82) is 0 Å². The number of hydrogen-bond acceptors (Lipinski definition) is 2. The number of rotatable bonds is 4. The second kappa shape index (κ2) is 5.83. The lowest BCUT2D eigenvalue weighted by atomic mass is 10.2. The molecule has 0 aromatic carbocycles. The second-order valence-electron chi connectivity index (χ2n) is 2.67. The standard InChI is InChI=1S/C9H15NO/c1-8(2)5-4-6-9(11)7-10-3/h5,7H,4,6H2,1-3H3. The number of carbonyl (C=O) groups excluding carboxylic acids is 1. The third kappa shape index (κ3) is 6.97. The molecule has 0 amide bonds. The van der Waals surface area contributed by atoms with Crippen LogP contribution in [0.4, 0.5) is 0 Å². The minimum atomic E-state index is 0.102. The average Bonchev–Trinajstić information content (AvgIpc) is 1.87. The number of nitrogens with zero attached hydrogens (tertiary/aromatic N) is 1. The van der Waals surface area contributed by atoms with Crippen molar-refractivity contribution in [3.8, 4) is 0 Å². The van der Waals surface area contributed by atoms with Crippen molar-refractivity contribution in [2.75, 3.05) is 7.05 Å². The Balaban J connectivity index is 3.55. The van der Waals surface area contributed by atoms with Crippen molar-refractivity contribution in [2.24, 2.45) is 4.99 Å². The lowest BCUT2D eigenvalue weighted by molar-refractivity contribution is -0.112. The zero-order valence-electron chi connectivity index (χ0n) is 7.42. The van der Waals surface area contributed by atoms with Crippen LogP contribution in [0.5, 0.6) is 0 Å². The number of aliphatic imine (C=N–C) groups is 1. The predicted octanol–water partition coefficient (Wildman–Crippen LogP) is 2.00. The maximum Gasteiger partial charge on any atom is 0.173 e. The van der Waals surface area contributed by atoms with Crippen LogP contribution in [-0.2, 0) is 4.79 Å². The summed E-state index contributed by atoms with van der Waals surface area (Å²) >= 11 is 0. The molecular weight excluding hydrogens is 138 g/mol. The lowest BCUT2D eigenvalue weighted by Gasteiger charge is -1.90. The van der Waals surface area contributed by atoms with E-state index in [4.69, 9.17) is 0 Å². The lowest BCUT2D eigenvalue weighted by Crippen LogP contribution is -1.97. The fourth-order valence-corrected chi connectivity index (χ4v) is 0.712. The average molecular weight is 153 g/mol. The molecule has 11 heavy (non-hydrogen) atoms. The first kappa shape index (κ1) is 10.1. The Morgan fingerprint density at radius 3 is 2.55 bits per heavy atom. The SMILES string of the molecule is CN=CC(=O)CCC=C(C)C. The Morgan fingerprint density at radius 2 is 2.09 bits per heavy atom. The summed E-state index contributed by atoms with van der Waals surface area (Å²) in [5.74, 6) is 0.102. The van der Waals surface area contributed by atoms with Gasteiger partial charge in [0.1, 0.15) is 0 Å². The van der Waals surface area contributed by atoms with Gasteiger partial charge in [-0.2, -0.15) is 0 Å². The first-order valence-corrected chi connectivity index (χ1v) is 3.75. The van der Waals surface area contributed by atoms with Gasteiger partial charge in [-0.25, -0.2) is 0 Å². The molecular formula is C9H15NO. The number of ketones is 1. The molecule has 0 aromatic rings. The highest BCUT2D eigenvalue weighted by Crippen LogP contribution is 1.96. The Kier molecular flexibility index (Phi) is 5.35. The van der Waals surface area contributed by atoms with E-state index in [9.17, 15) is 4.79 Å². The molecule has 0 atom stereocenters. The summed E-state index contributed by atoms with van der Waals surface area (Å²) in [5, 5.41) is 0. The first-order valence-electron chi connectivity index (χ1n) is 3.75. The second-order valence-corrected chi connectivity index (χ2v) is 2.67. The van der Waals surface area contributed by atoms with Crippen molar-refractivity contribution in [2.45, 2.75) is 26.7 Å². The number of hydrogen-bond donors (Lipinski definition) is 0. The van der Waals surface area contributed by atoms with Gasteiger partial charge in [0.2, 0.25) is 0 Å². The van der Waals surface area contributed by atoms with Crippen LogP contribution in [0.2, 0.25) is 0 Å². The normalized spacial score (nSPS) is 10.1. The van der Waals surface area contributed by atoms with E-state index in [1.165, 1.54) is 11.8 Å². The highest BCUT2D eigenvalue weighted by atomic mass is 16.1. The van der Waals surface area contributed by atoms with E-state index < -0.39 is 0 Å². The Labute approximate surface area is 68.0 Å². The van der Waals surface area contributed by atoms with Gasteiger partial charge in [-0.1, -0.05) is 11.6 Å². The summed E-state index contributed by atoms with van der Waals surface area (Å²) in [6.07, 6.45) is 4.83.